The van der Waals surface area contributed by atoms with E-state index in [0.29, 0.717) is 18.0 Å². The van der Waals surface area contributed by atoms with Gasteiger partial charge in [0.25, 0.3) is 0 Å². The molecular weight excluding hydrogens is 220 g/mol. The number of hydrogen-bond acceptors (Lipinski definition) is 4. The van der Waals surface area contributed by atoms with Crippen molar-refractivity contribution in [2.75, 3.05) is 27.3 Å². The minimum absolute atomic E-state index is 0.0391. The van der Waals surface area contributed by atoms with Gasteiger partial charge in [0.2, 0.25) is 5.91 Å². The number of piperazine rings is 1. The van der Waals surface area contributed by atoms with E-state index in [4.69, 9.17) is 9.47 Å². The van der Waals surface area contributed by atoms with Crippen LogP contribution in [0.3, 0.4) is 0 Å². The van der Waals surface area contributed by atoms with Gasteiger partial charge in [0, 0.05) is 18.7 Å². The Morgan fingerprint density at radius 1 is 1.24 bits per heavy atom. The van der Waals surface area contributed by atoms with Gasteiger partial charge in [-0.3, -0.25) is 4.79 Å². The molecule has 5 heteroatoms. The van der Waals surface area contributed by atoms with Gasteiger partial charge in [0.15, 0.2) is 0 Å². The monoisotopic (exact) mass is 236 g/mol. The largest absolute Gasteiger partial charge is 0.497 e. The molecule has 1 aliphatic rings. The normalized spacial score (nSPS) is 19.6. The SMILES string of the molecule is COc1ccc(OC)c(C2NCCNC2=O)c1. The van der Waals surface area contributed by atoms with Gasteiger partial charge in [-0.1, -0.05) is 0 Å². The molecule has 0 radical (unpaired) electrons. The molecule has 5 nitrogen and oxygen atoms in total. The topological polar surface area (TPSA) is 59.6 Å². The highest BCUT2D eigenvalue weighted by Gasteiger charge is 2.26. The standard InChI is InChI=1S/C12H16N2O3/c1-16-8-3-4-10(17-2)9(7-8)11-12(15)14-6-5-13-11/h3-4,7,11,13H,5-6H2,1-2H3,(H,14,15). The molecule has 1 heterocycles. The lowest BCUT2D eigenvalue weighted by molar-refractivity contribution is -0.124. The van der Waals surface area contributed by atoms with Gasteiger partial charge in [-0.15, -0.1) is 0 Å². The number of nitrogens with one attached hydrogen (secondary N) is 2. The molecule has 0 bridgehead atoms. The molecule has 1 aliphatic heterocycles. The molecular formula is C12H16N2O3. The van der Waals surface area contributed by atoms with Crippen LogP contribution in [0.2, 0.25) is 0 Å². The molecule has 1 aromatic carbocycles. The molecule has 1 amide bonds. The fraction of sp³-hybridized carbons (Fsp3) is 0.417. The minimum Gasteiger partial charge on any atom is -0.497 e. The van der Waals surface area contributed by atoms with Gasteiger partial charge < -0.3 is 20.1 Å². The molecule has 2 N–H and O–H groups in total. The predicted octanol–water partition coefficient (Wildman–Crippen LogP) is 0.464. The van der Waals surface area contributed by atoms with E-state index in [0.717, 1.165) is 12.1 Å². The van der Waals surface area contributed by atoms with E-state index in [-0.39, 0.29) is 11.9 Å². The number of rotatable bonds is 3. The van der Waals surface area contributed by atoms with Crippen molar-refractivity contribution in [3.05, 3.63) is 23.8 Å². The zero-order valence-electron chi connectivity index (χ0n) is 9.95. The maximum absolute atomic E-state index is 11.8. The third-order valence-corrected chi connectivity index (χ3v) is 2.78. The Morgan fingerprint density at radius 3 is 2.71 bits per heavy atom. The van der Waals surface area contributed by atoms with Crippen LogP contribution in [0, 0.1) is 0 Å². The summed E-state index contributed by atoms with van der Waals surface area (Å²) in [6.45, 7) is 1.40. The Morgan fingerprint density at radius 2 is 2.06 bits per heavy atom. The van der Waals surface area contributed by atoms with E-state index < -0.39 is 0 Å². The summed E-state index contributed by atoms with van der Waals surface area (Å²) in [5, 5.41) is 5.99. The van der Waals surface area contributed by atoms with Crippen LogP contribution in [-0.4, -0.2) is 33.2 Å². The van der Waals surface area contributed by atoms with Crippen LogP contribution in [-0.2, 0) is 4.79 Å². The second-order valence-corrected chi connectivity index (χ2v) is 3.79. The average Bonchev–Trinajstić information content (AvgIpc) is 2.38. The number of benzene rings is 1. The van der Waals surface area contributed by atoms with E-state index in [9.17, 15) is 4.79 Å². The van der Waals surface area contributed by atoms with E-state index in [2.05, 4.69) is 10.6 Å². The number of carbonyl (C=O) groups is 1. The smallest absolute Gasteiger partial charge is 0.241 e. The Labute approximate surface area is 100 Å². The van der Waals surface area contributed by atoms with Gasteiger partial charge in [-0.2, -0.15) is 0 Å². The van der Waals surface area contributed by atoms with Crippen LogP contribution < -0.4 is 20.1 Å². The number of amides is 1. The molecule has 0 aromatic heterocycles. The molecule has 1 fully saturated rings. The lowest BCUT2D eigenvalue weighted by atomic mass is 10.0. The molecule has 1 saturated heterocycles. The molecule has 0 spiro atoms. The second-order valence-electron chi connectivity index (χ2n) is 3.79. The molecule has 2 rings (SSSR count). The highest BCUT2D eigenvalue weighted by molar-refractivity contribution is 5.84. The molecule has 92 valence electrons. The first-order valence-corrected chi connectivity index (χ1v) is 5.49. The summed E-state index contributed by atoms with van der Waals surface area (Å²) in [5.41, 5.74) is 0.795. The summed E-state index contributed by atoms with van der Waals surface area (Å²) in [7, 11) is 3.19. The van der Waals surface area contributed by atoms with Gasteiger partial charge in [0.1, 0.15) is 17.5 Å². The molecule has 0 aliphatic carbocycles. The highest BCUT2D eigenvalue weighted by Crippen LogP contribution is 2.30. The lowest BCUT2D eigenvalue weighted by Gasteiger charge is -2.25. The molecule has 0 saturated carbocycles. The van der Waals surface area contributed by atoms with Crippen molar-refractivity contribution in [2.45, 2.75) is 6.04 Å². The van der Waals surface area contributed by atoms with E-state index >= 15 is 0 Å². The zero-order valence-corrected chi connectivity index (χ0v) is 9.95. The number of hydrogen-bond donors (Lipinski definition) is 2. The van der Waals surface area contributed by atoms with E-state index in [1.165, 1.54) is 0 Å². The molecule has 1 unspecified atom stereocenters. The van der Waals surface area contributed by atoms with E-state index in [1.54, 1.807) is 20.3 Å². The Bertz CT molecular complexity index is 420. The number of methoxy groups -OCH3 is 2. The quantitative estimate of drug-likeness (QED) is 0.800. The van der Waals surface area contributed by atoms with Gasteiger partial charge >= 0.3 is 0 Å². The van der Waals surface area contributed by atoms with E-state index in [1.807, 2.05) is 12.1 Å². The van der Waals surface area contributed by atoms with Crippen LogP contribution in [0.5, 0.6) is 11.5 Å². The third-order valence-electron chi connectivity index (χ3n) is 2.78. The summed E-state index contributed by atoms with van der Waals surface area (Å²) < 4.78 is 10.4. The first-order valence-electron chi connectivity index (χ1n) is 5.49. The van der Waals surface area contributed by atoms with Crippen molar-refractivity contribution in [1.29, 1.82) is 0 Å². The Kier molecular flexibility index (Phi) is 3.49. The Hall–Kier alpha value is -1.75. The second kappa shape index (κ2) is 5.05. The van der Waals surface area contributed by atoms with Crippen molar-refractivity contribution >= 4 is 5.91 Å². The third kappa shape index (κ3) is 2.34. The summed E-state index contributed by atoms with van der Waals surface area (Å²) in [6, 6.07) is 5.05. The summed E-state index contributed by atoms with van der Waals surface area (Å²) in [6.07, 6.45) is 0. The van der Waals surface area contributed by atoms with Gasteiger partial charge in [0.05, 0.1) is 14.2 Å². The molecule has 17 heavy (non-hydrogen) atoms. The van der Waals surface area contributed by atoms with Crippen LogP contribution in [0.4, 0.5) is 0 Å². The predicted molar refractivity (Wildman–Crippen MR) is 63.3 cm³/mol. The van der Waals surface area contributed by atoms with Crippen LogP contribution >= 0.6 is 0 Å². The molecule has 1 atom stereocenters. The fourth-order valence-electron chi connectivity index (χ4n) is 1.91. The van der Waals surface area contributed by atoms with Gasteiger partial charge in [-0.25, -0.2) is 0 Å². The molecule has 1 aromatic rings. The highest BCUT2D eigenvalue weighted by atomic mass is 16.5. The van der Waals surface area contributed by atoms with Crippen molar-refractivity contribution in [1.82, 2.24) is 10.6 Å². The number of carbonyl (C=O) groups excluding carboxylic acids is 1. The summed E-state index contributed by atoms with van der Waals surface area (Å²) >= 11 is 0. The lowest BCUT2D eigenvalue weighted by Crippen LogP contribution is -2.47. The maximum atomic E-state index is 11.8. The minimum atomic E-state index is -0.381. The van der Waals surface area contributed by atoms with Crippen LogP contribution in [0.1, 0.15) is 11.6 Å². The van der Waals surface area contributed by atoms with Crippen molar-refractivity contribution in [2.24, 2.45) is 0 Å². The number of ether oxygens (including phenoxy) is 2. The zero-order chi connectivity index (χ0) is 12.3. The van der Waals surface area contributed by atoms with Crippen molar-refractivity contribution in [3.63, 3.8) is 0 Å². The fourth-order valence-corrected chi connectivity index (χ4v) is 1.91. The first-order chi connectivity index (χ1) is 8.26. The Balaban J connectivity index is 2.37. The van der Waals surface area contributed by atoms with Crippen molar-refractivity contribution < 1.29 is 14.3 Å². The summed E-state index contributed by atoms with van der Waals surface area (Å²) in [5.74, 6) is 1.35. The van der Waals surface area contributed by atoms with Crippen molar-refractivity contribution in [3.8, 4) is 11.5 Å². The maximum Gasteiger partial charge on any atom is 0.241 e. The van der Waals surface area contributed by atoms with Crippen LogP contribution in [0.25, 0.3) is 0 Å². The first kappa shape index (κ1) is 11.7. The summed E-state index contributed by atoms with van der Waals surface area (Å²) in [4.78, 5) is 11.8. The van der Waals surface area contributed by atoms with Crippen LogP contribution in [0.15, 0.2) is 18.2 Å². The average molecular weight is 236 g/mol. The van der Waals surface area contributed by atoms with Gasteiger partial charge in [-0.05, 0) is 18.2 Å².